The fraction of sp³-hybridized carbons (Fsp3) is 0.882. The molecule has 4 nitrogen and oxygen atoms in total. The second-order valence-electron chi connectivity index (χ2n) is 8.11. The van der Waals surface area contributed by atoms with Gasteiger partial charge in [0.25, 0.3) is 0 Å². The second-order valence-corrected chi connectivity index (χ2v) is 12.9. The highest BCUT2D eigenvalue weighted by Gasteiger charge is 2.58. The number of hydrogen-bond acceptors (Lipinski definition) is 4. The predicted octanol–water partition coefficient (Wildman–Crippen LogP) is 3.32. The average molecular weight is 329 g/mol. The van der Waals surface area contributed by atoms with Crippen molar-refractivity contribution >= 4 is 8.32 Å². The minimum Gasteiger partial charge on any atom is -0.413 e. The molecular formula is C17H32O4Si. The Morgan fingerprint density at radius 3 is 2.36 bits per heavy atom. The topological polar surface area (TPSA) is 47.9 Å². The van der Waals surface area contributed by atoms with Crippen LogP contribution in [0.3, 0.4) is 0 Å². The van der Waals surface area contributed by atoms with Gasteiger partial charge >= 0.3 is 0 Å². The summed E-state index contributed by atoms with van der Waals surface area (Å²) in [5.41, 5.74) is 0. The molecule has 0 bridgehead atoms. The standard InChI is InChI=1S/C17H32O4Si/c1-7-8-13-14(12-18)17(19-9-10-20-17)11-15(13)21-22(5,6)16(2,3)4/h7,13-15,18H,1,8-12H2,2-6H3/t13-,14-,15+/m1/s1. The molecule has 2 fully saturated rings. The van der Waals surface area contributed by atoms with Crippen LogP contribution in [0.2, 0.25) is 18.1 Å². The largest absolute Gasteiger partial charge is 0.413 e. The second kappa shape index (κ2) is 6.36. The summed E-state index contributed by atoms with van der Waals surface area (Å²) in [6.45, 7) is 16.4. The Labute approximate surface area is 136 Å². The molecule has 128 valence electrons. The fourth-order valence-corrected chi connectivity index (χ4v) is 4.81. The minimum atomic E-state index is -1.88. The molecule has 0 aromatic carbocycles. The maximum absolute atomic E-state index is 9.93. The van der Waals surface area contributed by atoms with Gasteiger partial charge in [-0.2, -0.15) is 0 Å². The van der Waals surface area contributed by atoms with Gasteiger partial charge in [-0.3, -0.25) is 0 Å². The first-order valence-corrected chi connectivity index (χ1v) is 11.3. The normalized spacial score (nSPS) is 31.8. The molecular weight excluding hydrogens is 296 g/mol. The maximum Gasteiger partial charge on any atom is 0.192 e. The van der Waals surface area contributed by atoms with Gasteiger partial charge in [0, 0.05) is 12.3 Å². The zero-order valence-corrected chi connectivity index (χ0v) is 15.7. The van der Waals surface area contributed by atoms with E-state index in [1.54, 1.807) is 0 Å². The molecule has 22 heavy (non-hydrogen) atoms. The van der Waals surface area contributed by atoms with Crippen molar-refractivity contribution in [3.05, 3.63) is 12.7 Å². The summed E-state index contributed by atoms with van der Waals surface area (Å²) >= 11 is 0. The van der Waals surface area contributed by atoms with Crippen LogP contribution in [0.4, 0.5) is 0 Å². The van der Waals surface area contributed by atoms with Crippen molar-refractivity contribution in [3.63, 3.8) is 0 Å². The summed E-state index contributed by atoms with van der Waals surface area (Å²) < 4.78 is 18.5. The molecule has 1 saturated heterocycles. The molecule has 0 radical (unpaired) electrons. The van der Waals surface area contributed by atoms with Gasteiger partial charge in [-0.1, -0.05) is 26.8 Å². The van der Waals surface area contributed by atoms with Crippen molar-refractivity contribution in [3.8, 4) is 0 Å². The lowest BCUT2D eigenvalue weighted by Gasteiger charge is -2.40. The Kier molecular flexibility index (Phi) is 5.24. The average Bonchev–Trinajstić information content (AvgIpc) is 2.95. The van der Waals surface area contributed by atoms with Crippen LogP contribution < -0.4 is 0 Å². The SMILES string of the molecule is C=CC[C@H]1[C@@H](O[Si](C)(C)C(C)(C)C)CC2(OCCO2)[C@@H]1CO. The lowest BCUT2D eigenvalue weighted by molar-refractivity contribution is -0.194. The highest BCUT2D eigenvalue weighted by atomic mass is 28.4. The smallest absolute Gasteiger partial charge is 0.192 e. The Morgan fingerprint density at radius 2 is 1.91 bits per heavy atom. The summed E-state index contributed by atoms with van der Waals surface area (Å²) in [5, 5.41) is 10.1. The third-order valence-electron chi connectivity index (χ3n) is 5.71. The lowest BCUT2D eigenvalue weighted by atomic mass is 9.90. The number of aliphatic hydroxyl groups excluding tert-OH is 1. The summed E-state index contributed by atoms with van der Waals surface area (Å²) in [6.07, 6.45) is 3.51. The summed E-state index contributed by atoms with van der Waals surface area (Å²) in [6, 6.07) is 0. The van der Waals surface area contributed by atoms with Crippen molar-refractivity contribution in [1.82, 2.24) is 0 Å². The maximum atomic E-state index is 9.93. The molecule has 1 heterocycles. The zero-order valence-electron chi connectivity index (χ0n) is 14.7. The quantitative estimate of drug-likeness (QED) is 0.621. The first kappa shape index (κ1) is 18.1. The predicted molar refractivity (Wildman–Crippen MR) is 90.2 cm³/mol. The first-order chi connectivity index (χ1) is 10.2. The van der Waals surface area contributed by atoms with E-state index < -0.39 is 14.1 Å². The van der Waals surface area contributed by atoms with E-state index in [1.807, 2.05) is 6.08 Å². The number of rotatable bonds is 5. The van der Waals surface area contributed by atoms with Crippen LogP contribution in [-0.2, 0) is 13.9 Å². The van der Waals surface area contributed by atoms with E-state index in [0.29, 0.717) is 19.6 Å². The van der Waals surface area contributed by atoms with Crippen molar-refractivity contribution < 1.29 is 19.0 Å². The number of allylic oxidation sites excluding steroid dienone is 1. The third-order valence-corrected chi connectivity index (χ3v) is 10.2. The van der Waals surface area contributed by atoms with E-state index in [1.165, 1.54) is 0 Å². The zero-order chi connectivity index (χ0) is 16.6. The number of ether oxygens (including phenoxy) is 2. The summed E-state index contributed by atoms with van der Waals surface area (Å²) in [7, 11) is -1.88. The fourth-order valence-electron chi connectivity index (χ4n) is 3.44. The lowest BCUT2D eigenvalue weighted by Crippen LogP contribution is -2.45. The van der Waals surface area contributed by atoms with E-state index in [-0.39, 0.29) is 29.6 Å². The van der Waals surface area contributed by atoms with E-state index >= 15 is 0 Å². The van der Waals surface area contributed by atoms with Gasteiger partial charge in [0.1, 0.15) is 0 Å². The van der Waals surface area contributed by atoms with Gasteiger partial charge in [-0.15, -0.1) is 6.58 Å². The van der Waals surface area contributed by atoms with Crippen molar-refractivity contribution in [2.45, 2.75) is 63.6 Å². The first-order valence-electron chi connectivity index (χ1n) is 8.34. The number of hydrogen-bond donors (Lipinski definition) is 1. The molecule has 2 rings (SSSR count). The van der Waals surface area contributed by atoms with Gasteiger partial charge in [-0.25, -0.2) is 0 Å². The van der Waals surface area contributed by atoms with Gasteiger partial charge in [-0.05, 0) is 30.5 Å². The van der Waals surface area contributed by atoms with Crippen LogP contribution in [0.1, 0.15) is 33.6 Å². The van der Waals surface area contributed by atoms with Crippen molar-refractivity contribution in [2.24, 2.45) is 11.8 Å². The molecule has 0 unspecified atom stereocenters. The molecule has 1 saturated carbocycles. The summed E-state index contributed by atoms with van der Waals surface area (Å²) in [5.74, 6) is -0.493. The van der Waals surface area contributed by atoms with E-state index in [0.717, 1.165) is 6.42 Å². The molecule has 1 N–H and O–H groups in total. The third kappa shape index (κ3) is 3.19. The monoisotopic (exact) mass is 328 g/mol. The van der Waals surface area contributed by atoms with E-state index in [9.17, 15) is 5.11 Å². The minimum absolute atomic E-state index is 0.0391. The molecule has 3 atom stereocenters. The molecule has 5 heteroatoms. The highest BCUT2D eigenvalue weighted by molar-refractivity contribution is 6.74. The Balaban J connectivity index is 2.24. The summed E-state index contributed by atoms with van der Waals surface area (Å²) in [4.78, 5) is 0. The number of aliphatic hydroxyl groups is 1. The molecule has 0 amide bonds. The van der Waals surface area contributed by atoms with Crippen LogP contribution in [0.5, 0.6) is 0 Å². The van der Waals surface area contributed by atoms with Gasteiger partial charge in [0.05, 0.1) is 25.9 Å². The highest BCUT2D eigenvalue weighted by Crippen LogP contribution is 2.50. The van der Waals surface area contributed by atoms with E-state index in [2.05, 4.69) is 40.4 Å². The molecule has 0 aromatic heterocycles. The Morgan fingerprint density at radius 1 is 1.32 bits per heavy atom. The van der Waals surface area contributed by atoms with Crippen molar-refractivity contribution in [1.29, 1.82) is 0 Å². The van der Waals surface area contributed by atoms with Gasteiger partial charge in [0.2, 0.25) is 0 Å². The molecule has 2 aliphatic rings. The van der Waals surface area contributed by atoms with Crippen LogP contribution in [-0.4, -0.2) is 45.1 Å². The van der Waals surface area contributed by atoms with Crippen LogP contribution >= 0.6 is 0 Å². The van der Waals surface area contributed by atoms with Crippen LogP contribution in [0, 0.1) is 11.8 Å². The Bertz CT molecular complexity index is 396. The van der Waals surface area contributed by atoms with Crippen molar-refractivity contribution in [2.75, 3.05) is 19.8 Å². The van der Waals surface area contributed by atoms with E-state index in [4.69, 9.17) is 13.9 Å². The van der Waals surface area contributed by atoms with Crippen LogP contribution in [0.15, 0.2) is 12.7 Å². The molecule has 1 spiro atoms. The van der Waals surface area contributed by atoms with Crippen LogP contribution in [0.25, 0.3) is 0 Å². The molecule has 1 aliphatic heterocycles. The molecule has 1 aliphatic carbocycles. The van der Waals surface area contributed by atoms with Gasteiger partial charge in [0.15, 0.2) is 14.1 Å². The van der Waals surface area contributed by atoms with Gasteiger partial charge < -0.3 is 19.0 Å². The molecule has 0 aromatic rings. The Hall–Kier alpha value is -0.203.